The fourth-order valence-electron chi connectivity index (χ4n) is 2.43. The number of ether oxygens (including phenoxy) is 1. The Balaban J connectivity index is 2.02. The van der Waals surface area contributed by atoms with Crippen molar-refractivity contribution < 1.29 is 19.4 Å². The predicted molar refractivity (Wildman–Crippen MR) is 111 cm³/mol. The second kappa shape index (κ2) is 9.31. The van der Waals surface area contributed by atoms with E-state index in [0.717, 1.165) is 0 Å². The first-order valence-electron chi connectivity index (χ1n) is 9.52. The van der Waals surface area contributed by atoms with Crippen LogP contribution in [0.1, 0.15) is 56.5 Å². The molecule has 0 amide bonds. The lowest BCUT2D eigenvalue weighted by Crippen LogP contribution is -2.23. The minimum atomic E-state index is -1.14. The Bertz CT molecular complexity index is 988. The number of azo groups is 1. The van der Waals surface area contributed by atoms with E-state index in [-0.39, 0.29) is 35.7 Å². The van der Waals surface area contributed by atoms with Crippen LogP contribution >= 0.6 is 0 Å². The number of aromatic hydroxyl groups is 1. The van der Waals surface area contributed by atoms with Crippen LogP contribution in [0.2, 0.25) is 0 Å². The number of carbonyl (C=O) groups excluding carboxylic acids is 2. The van der Waals surface area contributed by atoms with Crippen molar-refractivity contribution in [1.82, 2.24) is 0 Å². The zero-order valence-corrected chi connectivity index (χ0v) is 17.5. The fraction of sp³-hybridized carbons (Fsp3) is 0.348. The third-order valence-corrected chi connectivity index (χ3v) is 4.11. The van der Waals surface area contributed by atoms with Crippen molar-refractivity contribution in [2.24, 2.45) is 10.2 Å². The molecule has 0 bridgehead atoms. The maximum absolute atomic E-state index is 12.5. The summed E-state index contributed by atoms with van der Waals surface area (Å²) < 4.78 is 5.23. The molecule has 2 rings (SSSR count). The number of phenolic OH excluding ortho intramolecular Hbond substituents is 1. The number of nitriles is 1. The minimum absolute atomic E-state index is 0.0569. The van der Waals surface area contributed by atoms with Crippen LogP contribution in [0.4, 0.5) is 0 Å². The number of phenols is 1. The Hall–Kier alpha value is -3.53. The van der Waals surface area contributed by atoms with Crippen molar-refractivity contribution in [3.63, 3.8) is 0 Å². The van der Waals surface area contributed by atoms with E-state index in [1.165, 1.54) is 18.2 Å². The highest BCUT2D eigenvalue weighted by molar-refractivity contribution is 6.10. The summed E-state index contributed by atoms with van der Waals surface area (Å²) in [6.45, 7) is 7.19. The predicted octanol–water partition coefficient (Wildman–Crippen LogP) is 4.84. The molecule has 0 saturated heterocycles. The summed E-state index contributed by atoms with van der Waals surface area (Å²) in [5.74, 6) is -1.09. The summed E-state index contributed by atoms with van der Waals surface area (Å²) in [4.78, 5) is 24.6. The minimum Gasteiger partial charge on any atom is -0.507 e. The van der Waals surface area contributed by atoms with Crippen molar-refractivity contribution in [1.29, 1.82) is 5.26 Å². The molecule has 0 aromatic heterocycles. The molecule has 7 heteroatoms. The third-order valence-electron chi connectivity index (χ3n) is 4.11. The van der Waals surface area contributed by atoms with Gasteiger partial charge in [0.05, 0.1) is 17.2 Å². The molecular formula is C23H25N3O4. The average molecular weight is 407 g/mol. The first-order chi connectivity index (χ1) is 14.0. The van der Waals surface area contributed by atoms with Crippen LogP contribution in [-0.2, 0) is 4.79 Å². The highest BCUT2D eigenvalue weighted by Crippen LogP contribution is 2.27. The van der Waals surface area contributed by atoms with Crippen LogP contribution in [0.25, 0.3) is 0 Å². The number of hydrogen-bond donors (Lipinski definition) is 1. The van der Waals surface area contributed by atoms with E-state index < -0.39 is 17.0 Å². The SMILES string of the molecule is CC(C)(C)N=NC(C)(C#N)CCC(=O)Oc1ccc(C(=O)c2ccccc2)c(O)c1. The molecular weight excluding hydrogens is 382 g/mol. The molecule has 1 atom stereocenters. The normalized spacial score (nSPS) is 13.4. The van der Waals surface area contributed by atoms with Gasteiger partial charge in [0, 0.05) is 18.1 Å². The van der Waals surface area contributed by atoms with Crippen LogP contribution in [0, 0.1) is 11.3 Å². The van der Waals surface area contributed by atoms with Gasteiger partial charge in [0.2, 0.25) is 0 Å². The Labute approximate surface area is 176 Å². The number of ketones is 1. The maximum atomic E-state index is 12.5. The molecule has 0 heterocycles. The van der Waals surface area contributed by atoms with E-state index in [4.69, 9.17) is 4.74 Å². The van der Waals surface area contributed by atoms with Gasteiger partial charge in [-0.2, -0.15) is 15.5 Å². The zero-order valence-electron chi connectivity index (χ0n) is 17.5. The molecule has 0 aliphatic carbocycles. The lowest BCUT2D eigenvalue weighted by atomic mass is 9.99. The van der Waals surface area contributed by atoms with E-state index in [1.807, 2.05) is 20.8 Å². The van der Waals surface area contributed by atoms with Gasteiger partial charge < -0.3 is 9.84 Å². The van der Waals surface area contributed by atoms with Gasteiger partial charge in [-0.25, -0.2) is 0 Å². The first-order valence-corrected chi connectivity index (χ1v) is 9.52. The van der Waals surface area contributed by atoms with Gasteiger partial charge in [-0.15, -0.1) is 0 Å². The summed E-state index contributed by atoms with van der Waals surface area (Å²) in [5, 5.41) is 27.8. The van der Waals surface area contributed by atoms with E-state index in [9.17, 15) is 20.0 Å². The molecule has 0 fully saturated rings. The van der Waals surface area contributed by atoms with Crippen LogP contribution in [0.15, 0.2) is 58.8 Å². The molecule has 0 saturated carbocycles. The van der Waals surface area contributed by atoms with Crippen LogP contribution in [-0.4, -0.2) is 27.9 Å². The fourth-order valence-corrected chi connectivity index (χ4v) is 2.43. The Kier molecular flexibility index (Phi) is 7.06. The quantitative estimate of drug-likeness (QED) is 0.305. The first kappa shape index (κ1) is 22.8. The lowest BCUT2D eigenvalue weighted by molar-refractivity contribution is -0.134. The van der Waals surface area contributed by atoms with Crippen LogP contribution < -0.4 is 4.74 Å². The molecule has 1 unspecified atom stereocenters. The van der Waals surface area contributed by atoms with Gasteiger partial charge in [-0.1, -0.05) is 30.3 Å². The van der Waals surface area contributed by atoms with Crippen molar-refractivity contribution in [2.45, 2.75) is 51.6 Å². The number of esters is 1. The maximum Gasteiger partial charge on any atom is 0.311 e. The molecule has 1 N–H and O–H groups in total. The molecule has 7 nitrogen and oxygen atoms in total. The molecule has 2 aromatic rings. The van der Waals surface area contributed by atoms with Gasteiger partial charge in [0.1, 0.15) is 11.5 Å². The molecule has 0 radical (unpaired) electrons. The summed E-state index contributed by atoms with van der Waals surface area (Å²) >= 11 is 0. The number of benzene rings is 2. The Morgan fingerprint density at radius 2 is 1.73 bits per heavy atom. The molecule has 0 spiro atoms. The number of nitrogens with zero attached hydrogens (tertiary/aromatic N) is 3. The van der Waals surface area contributed by atoms with E-state index in [0.29, 0.717) is 5.56 Å². The van der Waals surface area contributed by atoms with Crippen LogP contribution in [0.3, 0.4) is 0 Å². The second-order valence-electron chi connectivity index (χ2n) is 8.10. The smallest absolute Gasteiger partial charge is 0.311 e. The molecule has 0 aliphatic rings. The molecule has 156 valence electrons. The largest absolute Gasteiger partial charge is 0.507 e. The molecule has 2 aromatic carbocycles. The van der Waals surface area contributed by atoms with Gasteiger partial charge in [0.25, 0.3) is 0 Å². The second-order valence-corrected chi connectivity index (χ2v) is 8.10. The van der Waals surface area contributed by atoms with Gasteiger partial charge in [0.15, 0.2) is 11.3 Å². The topological polar surface area (TPSA) is 112 Å². The molecule has 0 aliphatic heterocycles. The lowest BCUT2D eigenvalue weighted by Gasteiger charge is -2.17. The van der Waals surface area contributed by atoms with Gasteiger partial charge in [-0.05, 0) is 46.2 Å². The molecule has 30 heavy (non-hydrogen) atoms. The van der Waals surface area contributed by atoms with Crippen molar-refractivity contribution in [3.8, 4) is 17.6 Å². The van der Waals surface area contributed by atoms with Crippen molar-refractivity contribution >= 4 is 11.8 Å². The monoisotopic (exact) mass is 407 g/mol. The summed E-state index contributed by atoms with van der Waals surface area (Å²) in [6, 6.07) is 14.7. The number of rotatable bonds is 7. The summed E-state index contributed by atoms with van der Waals surface area (Å²) in [6.07, 6.45) is 0.0805. The number of hydrogen-bond acceptors (Lipinski definition) is 7. The average Bonchev–Trinajstić information content (AvgIpc) is 2.70. The van der Waals surface area contributed by atoms with E-state index in [2.05, 4.69) is 16.3 Å². The Morgan fingerprint density at radius 3 is 2.30 bits per heavy atom. The highest BCUT2D eigenvalue weighted by Gasteiger charge is 2.26. The van der Waals surface area contributed by atoms with Crippen molar-refractivity contribution in [2.75, 3.05) is 0 Å². The zero-order chi connectivity index (χ0) is 22.4. The summed E-state index contributed by atoms with van der Waals surface area (Å²) in [7, 11) is 0. The van der Waals surface area contributed by atoms with Gasteiger partial charge >= 0.3 is 5.97 Å². The van der Waals surface area contributed by atoms with Gasteiger partial charge in [-0.3, -0.25) is 9.59 Å². The van der Waals surface area contributed by atoms with E-state index >= 15 is 0 Å². The highest BCUT2D eigenvalue weighted by atomic mass is 16.5. The van der Waals surface area contributed by atoms with Crippen molar-refractivity contribution in [3.05, 3.63) is 59.7 Å². The van der Waals surface area contributed by atoms with Crippen LogP contribution in [0.5, 0.6) is 11.5 Å². The summed E-state index contributed by atoms with van der Waals surface area (Å²) in [5.41, 5.74) is -1.01. The standard InChI is InChI=1S/C23H25N3O4/c1-22(2,3)25-26-23(4,15-24)13-12-20(28)30-17-10-11-18(19(27)14-17)21(29)16-8-6-5-7-9-16/h5-11,14,27H,12-13H2,1-4H3. The number of carbonyl (C=O) groups is 2. The Morgan fingerprint density at radius 1 is 1.07 bits per heavy atom. The van der Waals surface area contributed by atoms with E-state index in [1.54, 1.807) is 37.3 Å². The third kappa shape index (κ3) is 6.52.